The van der Waals surface area contributed by atoms with Crippen molar-refractivity contribution >= 4 is 11.8 Å². The zero-order valence-corrected chi connectivity index (χ0v) is 21.9. The van der Waals surface area contributed by atoms with Gasteiger partial charge in [-0.25, -0.2) is 0 Å². The highest BCUT2D eigenvalue weighted by atomic mass is 16.7. The van der Waals surface area contributed by atoms with E-state index in [1.807, 2.05) is 0 Å². The van der Waals surface area contributed by atoms with Crippen LogP contribution in [-0.2, 0) is 19.1 Å². The number of carbonyl (C=O) groups is 2. The third-order valence-electron chi connectivity index (χ3n) is 10.1. The van der Waals surface area contributed by atoms with Crippen LogP contribution in [0.2, 0.25) is 0 Å². The van der Waals surface area contributed by atoms with Gasteiger partial charge in [0, 0.05) is 25.6 Å². The van der Waals surface area contributed by atoms with Crippen LogP contribution in [0.1, 0.15) is 97.8 Å². The average Bonchev–Trinajstić information content (AvgIpc) is 3.16. The second-order valence-corrected chi connectivity index (χ2v) is 12.0. The molecule has 0 aromatic carbocycles. The van der Waals surface area contributed by atoms with E-state index >= 15 is 0 Å². The van der Waals surface area contributed by atoms with Crippen LogP contribution < -0.4 is 0 Å². The maximum Gasteiger partial charge on any atom is 0.307 e. The van der Waals surface area contributed by atoms with Gasteiger partial charge in [-0.1, -0.05) is 46.5 Å². The van der Waals surface area contributed by atoms with Crippen molar-refractivity contribution in [1.29, 1.82) is 0 Å². The molecule has 6 nitrogen and oxygen atoms in total. The van der Waals surface area contributed by atoms with Crippen molar-refractivity contribution in [2.24, 2.45) is 40.4 Å². The van der Waals surface area contributed by atoms with E-state index < -0.39 is 17.3 Å². The van der Waals surface area contributed by atoms with Crippen molar-refractivity contribution < 1.29 is 29.3 Å². The number of aliphatic hydroxyl groups is 1. The summed E-state index contributed by atoms with van der Waals surface area (Å²) in [4.78, 5) is 26.3. The fourth-order valence-electron chi connectivity index (χ4n) is 8.07. The first-order chi connectivity index (χ1) is 16.2. The first kappa shape index (κ1) is 27.6. The number of carboxylic acid groups (broad SMARTS) is 1. The Hall–Kier alpha value is -0.980. The number of ketones is 1. The SMILES string of the molecule is COCO[C@H]1CC[C@](C)(C2CC[C@]3(C)[C@@H]([C@H](C)CCCCCCO)CC[C@H]3C2=O)[C@@H](C(=O)O)C1. The third kappa shape index (κ3) is 5.54. The lowest BCUT2D eigenvalue weighted by molar-refractivity contribution is -0.167. The minimum Gasteiger partial charge on any atom is -0.481 e. The number of hydrogen-bond donors (Lipinski definition) is 2. The fourth-order valence-corrected chi connectivity index (χ4v) is 8.07. The van der Waals surface area contributed by atoms with E-state index in [2.05, 4.69) is 20.8 Å². The second kappa shape index (κ2) is 11.8. The molecular formula is C28H48O6. The number of carboxylic acids is 1. The first-order valence-corrected chi connectivity index (χ1v) is 13.7. The van der Waals surface area contributed by atoms with Gasteiger partial charge in [0.25, 0.3) is 0 Å². The molecule has 196 valence electrons. The molecular weight excluding hydrogens is 432 g/mol. The van der Waals surface area contributed by atoms with Gasteiger partial charge in [-0.15, -0.1) is 0 Å². The van der Waals surface area contributed by atoms with E-state index in [-0.39, 0.29) is 36.8 Å². The third-order valence-corrected chi connectivity index (χ3v) is 10.1. The number of aliphatic carboxylic acids is 1. The minimum atomic E-state index is -0.798. The Labute approximate surface area is 206 Å². The highest BCUT2D eigenvalue weighted by Crippen LogP contribution is 2.62. The number of carbonyl (C=O) groups excluding carboxylic acids is 1. The number of aliphatic hydroxyl groups excluding tert-OH is 1. The summed E-state index contributed by atoms with van der Waals surface area (Å²) in [6.07, 6.45) is 11.3. The molecule has 6 heteroatoms. The van der Waals surface area contributed by atoms with E-state index in [4.69, 9.17) is 14.6 Å². The lowest BCUT2D eigenvalue weighted by atomic mass is 9.51. The molecule has 34 heavy (non-hydrogen) atoms. The molecule has 0 amide bonds. The Bertz CT molecular complexity index is 694. The average molecular weight is 481 g/mol. The van der Waals surface area contributed by atoms with Gasteiger partial charge >= 0.3 is 5.97 Å². The van der Waals surface area contributed by atoms with Crippen molar-refractivity contribution in [2.75, 3.05) is 20.5 Å². The lowest BCUT2D eigenvalue weighted by Crippen LogP contribution is -2.53. The van der Waals surface area contributed by atoms with Crippen LogP contribution in [0.5, 0.6) is 0 Å². The maximum absolute atomic E-state index is 14.0. The summed E-state index contributed by atoms with van der Waals surface area (Å²) in [6, 6.07) is 0. The van der Waals surface area contributed by atoms with Crippen molar-refractivity contribution in [3.8, 4) is 0 Å². The number of methoxy groups -OCH3 is 1. The van der Waals surface area contributed by atoms with E-state index in [9.17, 15) is 14.7 Å². The number of unbranched alkanes of at least 4 members (excludes halogenated alkanes) is 3. The van der Waals surface area contributed by atoms with Gasteiger partial charge in [0.15, 0.2) is 0 Å². The van der Waals surface area contributed by atoms with Gasteiger partial charge in [0.2, 0.25) is 0 Å². The van der Waals surface area contributed by atoms with Crippen LogP contribution in [0.25, 0.3) is 0 Å². The summed E-state index contributed by atoms with van der Waals surface area (Å²) in [5.41, 5.74) is -0.459. The molecule has 0 spiro atoms. The van der Waals surface area contributed by atoms with Gasteiger partial charge < -0.3 is 19.7 Å². The van der Waals surface area contributed by atoms with Crippen molar-refractivity contribution in [2.45, 2.75) is 104 Å². The van der Waals surface area contributed by atoms with E-state index in [0.29, 0.717) is 30.5 Å². The minimum absolute atomic E-state index is 0.0476. The molecule has 3 rings (SSSR count). The van der Waals surface area contributed by atoms with Crippen LogP contribution >= 0.6 is 0 Å². The number of ether oxygens (including phenoxy) is 2. The smallest absolute Gasteiger partial charge is 0.307 e. The van der Waals surface area contributed by atoms with Crippen molar-refractivity contribution in [3.63, 3.8) is 0 Å². The molecule has 2 N–H and O–H groups in total. The number of Topliss-reactive ketones (excluding diaryl/α,β-unsaturated/α-hetero) is 1. The monoisotopic (exact) mass is 480 g/mol. The normalized spacial score (nSPS) is 39.1. The fraction of sp³-hybridized carbons (Fsp3) is 0.929. The molecule has 0 heterocycles. The predicted molar refractivity (Wildman–Crippen MR) is 131 cm³/mol. The second-order valence-electron chi connectivity index (χ2n) is 12.0. The number of rotatable bonds is 12. The molecule has 0 aromatic rings. The number of fused-ring (bicyclic) bond motifs is 1. The number of hydrogen-bond acceptors (Lipinski definition) is 5. The quantitative estimate of drug-likeness (QED) is 0.285. The Balaban J connectivity index is 1.67. The summed E-state index contributed by atoms with van der Waals surface area (Å²) in [5, 5.41) is 19.1. The molecule has 0 aromatic heterocycles. The Morgan fingerprint density at radius 3 is 2.38 bits per heavy atom. The maximum atomic E-state index is 14.0. The van der Waals surface area contributed by atoms with E-state index in [1.54, 1.807) is 7.11 Å². The molecule has 0 radical (unpaired) electrons. The molecule has 0 bridgehead atoms. The van der Waals surface area contributed by atoms with Crippen LogP contribution in [0.3, 0.4) is 0 Å². The van der Waals surface area contributed by atoms with Crippen LogP contribution in [0.15, 0.2) is 0 Å². The highest BCUT2D eigenvalue weighted by molar-refractivity contribution is 5.87. The van der Waals surface area contributed by atoms with Crippen LogP contribution in [0.4, 0.5) is 0 Å². The summed E-state index contributed by atoms with van der Waals surface area (Å²) < 4.78 is 10.7. The van der Waals surface area contributed by atoms with Crippen molar-refractivity contribution in [1.82, 2.24) is 0 Å². The molecule has 0 saturated heterocycles. The first-order valence-electron chi connectivity index (χ1n) is 13.7. The van der Waals surface area contributed by atoms with Crippen LogP contribution in [-0.4, -0.2) is 48.6 Å². The van der Waals surface area contributed by atoms with Gasteiger partial charge in [-0.3, -0.25) is 9.59 Å². The Morgan fingerprint density at radius 1 is 1.03 bits per heavy atom. The molecule has 1 unspecified atom stereocenters. The van der Waals surface area contributed by atoms with Gasteiger partial charge in [-0.2, -0.15) is 0 Å². The molecule has 3 aliphatic carbocycles. The zero-order valence-electron chi connectivity index (χ0n) is 21.9. The summed E-state index contributed by atoms with van der Waals surface area (Å²) in [5.74, 6) is 0.0662. The van der Waals surface area contributed by atoms with Crippen LogP contribution in [0, 0.1) is 40.4 Å². The van der Waals surface area contributed by atoms with Crippen molar-refractivity contribution in [3.05, 3.63) is 0 Å². The largest absolute Gasteiger partial charge is 0.481 e. The molecule has 8 atom stereocenters. The Morgan fingerprint density at radius 2 is 1.71 bits per heavy atom. The van der Waals surface area contributed by atoms with Gasteiger partial charge in [-0.05, 0) is 74.0 Å². The van der Waals surface area contributed by atoms with E-state index in [1.165, 1.54) is 19.3 Å². The summed E-state index contributed by atoms with van der Waals surface area (Å²) >= 11 is 0. The van der Waals surface area contributed by atoms with E-state index in [0.717, 1.165) is 44.9 Å². The molecule has 3 saturated carbocycles. The standard InChI is InChI=1S/C28H48O6/c1-19(9-7-5-6-8-16-29)21-10-11-22-25(30)23(13-15-27(21,22)2)28(3)14-12-20(34-18-33-4)17-24(28)26(31)32/h19-24,29H,5-18H2,1-4H3,(H,31,32)/t19-,20+,21-,22+,23?,24-,27-,28-/m1/s1. The molecule has 3 aliphatic rings. The topological polar surface area (TPSA) is 93.1 Å². The summed E-state index contributed by atoms with van der Waals surface area (Å²) in [7, 11) is 1.58. The highest BCUT2D eigenvalue weighted by Gasteiger charge is 2.60. The molecule has 0 aliphatic heterocycles. The Kier molecular flexibility index (Phi) is 9.61. The van der Waals surface area contributed by atoms with Gasteiger partial charge in [0.1, 0.15) is 12.6 Å². The zero-order chi connectivity index (χ0) is 24.9. The van der Waals surface area contributed by atoms with Gasteiger partial charge in [0.05, 0.1) is 12.0 Å². The molecule has 3 fully saturated rings. The summed E-state index contributed by atoms with van der Waals surface area (Å²) in [6.45, 7) is 7.23. The predicted octanol–water partition coefficient (Wildman–Crippen LogP) is 5.46. The lowest BCUT2D eigenvalue weighted by Gasteiger charge is -2.52.